The van der Waals surface area contributed by atoms with E-state index in [1.165, 1.54) is 19.2 Å². The summed E-state index contributed by atoms with van der Waals surface area (Å²) in [7, 11) is 1.51. The van der Waals surface area contributed by atoms with Crippen LogP contribution < -0.4 is 10.3 Å². The standard InChI is InChI=1S/C16H12N2O4/c1-22-12-4-2-3-11-13(12)17-14(18-15(11)19)9-5-7-10(8-6-9)16(20)21/h2-8H,1H3,(H,20,21)(H,17,18,19). The van der Waals surface area contributed by atoms with E-state index in [1.807, 2.05) is 0 Å². The Morgan fingerprint density at radius 3 is 2.55 bits per heavy atom. The highest BCUT2D eigenvalue weighted by Gasteiger charge is 2.10. The second kappa shape index (κ2) is 5.33. The van der Waals surface area contributed by atoms with Crippen molar-refractivity contribution in [2.24, 2.45) is 0 Å². The number of aromatic nitrogens is 2. The van der Waals surface area contributed by atoms with Gasteiger partial charge in [0, 0.05) is 5.56 Å². The number of H-pyrrole nitrogens is 1. The molecule has 6 heteroatoms. The van der Waals surface area contributed by atoms with Crippen LogP contribution in [0.1, 0.15) is 10.4 Å². The third-order valence-electron chi connectivity index (χ3n) is 3.32. The molecule has 2 N–H and O–H groups in total. The minimum absolute atomic E-state index is 0.171. The van der Waals surface area contributed by atoms with Gasteiger partial charge in [-0.2, -0.15) is 0 Å². The highest BCUT2D eigenvalue weighted by molar-refractivity contribution is 5.88. The highest BCUT2D eigenvalue weighted by Crippen LogP contribution is 2.23. The third kappa shape index (κ3) is 2.31. The van der Waals surface area contributed by atoms with Gasteiger partial charge in [-0.3, -0.25) is 4.79 Å². The minimum Gasteiger partial charge on any atom is -0.494 e. The van der Waals surface area contributed by atoms with Crippen molar-refractivity contribution in [3.8, 4) is 17.1 Å². The molecule has 0 radical (unpaired) electrons. The number of nitrogens with zero attached hydrogens (tertiary/aromatic N) is 1. The van der Waals surface area contributed by atoms with Crippen LogP contribution in [0.5, 0.6) is 5.75 Å². The van der Waals surface area contributed by atoms with Crippen LogP contribution in [0.4, 0.5) is 0 Å². The van der Waals surface area contributed by atoms with Crippen molar-refractivity contribution < 1.29 is 14.6 Å². The first-order valence-corrected chi connectivity index (χ1v) is 6.51. The molecule has 0 spiro atoms. The lowest BCUT2D eigenvalue weighted by Gasteiger charge is -2.07. The molecule has 22 heavy (non-hydrogen) atoms. The zero-order valence-corrected chi connectivity index (χ0v) is 11.7. The van der Waals surface area contributed by atoms with Crippen LogP contribution in [0.2, 0.25) is 0 Å². The van der Waals surface area contributed by atoms with Crippen LogP contribution in [0.3, 0.4) is 0 Å². The molecular weight excluding hydrogens is 284 g/mol. The average molecular weight is 296 g/mol. The molecule has 0 aliphatic carbocycles. The van der Waals surface area contributed by atoms with Crippen molar-refractivity contribution in [2.75, 3.05) is 7.11 Å². The maximum atomic E-state index is 12.2. The fraction of sp³-hybridized carbons (Fsp3) is 0.0625. The Balaban J connectivity index is 2.19. The third-order valence-corrected chi connectivity index (χ3v) is 3.32. The number of carbonyl (C=O) groups is 1. The lowest BCUT2D eigenvalue weighted by molar-refractivity contribution is 0.0697. The molecule has 0 saturated carbocycles. The molecule has 1 aromatic heterocycles. The molecule has 3 aromatic rings. The number of hydrogen-bond donors (Lipinski definition) is 2. The van der Waals surface area contributed by atoms with E-state index >= 15 is 0 Å². The van der Waals surface area contributed by atoms with E-state index in [1.54, 1.807) is 30.3 Å². The number of ether oxygens (including phenoxy) is 1. The van der Waals surface area contributed by atoms with Crippen molar-refractivity contribution in [3.05, 3.63) is 58.4 Å². The quantitative estimate of drug-likeness (QED) is 0.773. The molecule has 2 aromatic carbocycles. The van der Waals surface area contributed by atoms with Gasteiger partial charge in [0.1, 0.15) is 17.1 Å². The van der Waals surface area contributed by atoms with Crippen LogP contribution in [-0.2, 0) is 0 Å². The number of nitrogens with one attached hydrogen (secondary N) is 1. The normalized spacial score (nSPS) is 10.6. The van der Waals surface area contributed by atoms with Gasteiger partial charge in [0.2, 0.25) is 0 Å². The summed E-state index contributed by atoms with van der Waals surface area (Å²) in [6.07, 6.45) is 0. The smallest absolute Gasteiger partial charge is 0.335 e. The van der Waals surface area contributed by atoms with E-state index in [0.29, 0.717) is 28.0 Å². The zero-order valence-electron chi connectivity index (χ0n) is 11.7. The van der Waals surface area contributed by atoms with Gasteiger partial charge in [0.25, 0.3) is 5.56 Å². The van der Waals surface area contributed by atoms with Gasteiger partial charge in [-0.05, 0) is 24.3 Å². The number of para-hydroxylation sites is 1. The number of fused-ring (bicyclic) bond motifs is 1. The van der Waals surface area contributed by atoms with E-state index in [-0.39, 0.29) is 11.1 Å². The van der Waals surface area contributed by atoms with Gasteiger partial charge in [-0.1, -0.05) is 18.2 Å². The summed E-state index contributed by atoms with van der Waals surface area (Å²) in [5.74, 6) is -0.140. The fourth-order valence-corrected chi connectivity index (χ4v) is 2.21. The largest absolute Gasteiger partial charge is 0.494 e. The molecule has 0 saturated heterocycles. The van der Waals surface area contributed by atoms with Gasteiger partial charge in [0.05, 0.1) is 18.1 Å². The maximum absolute atomic E-state index is 12.2. The number of carboxylic acid groups (broad SMARTS) is 1. The molecule has 3 rings (SSSR count). The molecule has 0 fully saturated rings. The van der Waals surface area contributed by atoms with Crippen LogP contribution in [-0.4, -0.2) is 28.2 Å². The summed E-state index contributed by atoms with van der Waals surface area (Å²) in [5.41, 5.74) is 0.978. The van der Waals surface area contributed by atoms with E-state index in [4.69, 9.17) is 9.84 Å². The first-order chi connectivity index (χ1) is 10.6. The average Bonchev–Trinajstić information content (AvgIpc) is 2.54. The Hall–Kier alpha value is -3.15. The first-order valence-electron chi connectivity index (χ1n) is 6.51. The van der Waals surface area contributed by atoms with Gasteiger partial charge in [0.15, 0.2) is 0 Å². The van der Waals surface area contributed by atoms with E-state index in [0.717, 1.165) is 0 Å². The lowest BCUT2D eigenvalue weighted by Crippen LogP contribution is -2.10. The summed E-state index contributed by atoms with van der Waals surface area (Å²) in [4.78, 5) is 30.2. The Kier molecular flexibility index (Phi) is 3.34. The van der Waals surface area contributed by atoms with Gasteiger partial charge in [-0.15, -0.1) is 0 Å². The van der Waals surface area contributed by atoms with Crippen LogP contribution in [0.25, 0.3) is 22.3 Å². The van der Waals surface area contributed by atoms with E-state index in [2.05, 4.69) is 9.97 Å². The Labute approximate surface area is 125 Å². The molecule has 1 heterocycles. The van der Waals surface area contributed by atoms with Crippen LogP contribution in [0, 0.1) is 0 Å². The second-order valence-corrected chi connectivity index (χ2v) is 4.65. The molecule has 0 amide bonds. The van der Waals surface area contributed by atoms with Crippen LogP contribution >= 0.6 is 0 Å². The molecule has 6 nitrogen and oxygen atoms in total. The van der Waals surface area contributed by atoms with Crippen LogP contribution in [0.15, 0.2) is 47.3 Å². The molecule has 0 aliphatic heterocycles. The Morgan fingerprint density at radius 1 is 1.18 bits per heavy atom. The lowest BCUT2D eigenvalue weighted by atomic mass is 10.1. The zero-order chi connectivity index (χ0) is 15.7. The monoisotopic (exact) mass is 296 g/mol. The molecular formula is C16H12N2O4. The number of methoxy groups -OCH3 is 1. The molecule has 110 valence electrons. The Bertz CT molecular complexity index is 914. The van der Waals surface area contributed by atoms with E-state index in [9.17, 15) is 9.59 Å². The molecule has 0 aliphatic rings. The number of hydrogen-bond acceptors (Lipinski definition) is 4. The SMILES string of the molecule is COc1cccc2c(=O)[nH]c(-c3ccc(C(=O)O)cc3)nc12. The molecule has 0 bridgehead atoms. The number of carboxylic acids is 1. The summed E-state index contributed by atoms with van der Waals surface area (Å²) in [5, 5.41) is 9.35. The van der Waals surface area contributed by atoms with Gasteiger partial charge < -0.3 is 14.8 Å². The van der Waals surface area contributed by atoms with Gasteiger partial charge in [-0.25, -0.2) is 9.78 Å². The first kappa shape index (κ1) is 13.8. The molecule has 0 atom stereocenters. The van der Waals surface area contributed by atoms with Crippen molar-refractivity contribution in [2.45, 2.75) is 0 Å². The number of rotatable bonds is 3. The Morgan fingerprint density at radius 2 is 1.91 bits per heavy atom. The summed E-state index contributed by atoms with van der Waals surface area (Å²) < 4.78 is 5.23. The number of aromatic carboxylic acids is 1. The summed E-state index contributed by atoms with van der Waals surface area (Å²) in [6, 6.07) is 11.2. The van der Waals surface area contributed by atoms with Crippen molar-refractivity contribution >= 4 is 16.9 Å². The van der Waals surface area contributed by atoms with Crippen molar-refractivity contribution in [1.29, 1.82) is 0 Å². The predicted octanol–water partition coefficient (Wildman–Crippen LogP) is 2.30. The highest BCUT2D eigenvalue weighted by atomic mass is 16.5. The van der Waals surface area contributed by atoms with Crippen molar-refractivity contribution in [1.82, 2.24) is 9.97 Å². The minimum atomic E-state index is -1.01. The summed E-state index contributed by atoms with van der Waals surface area (Å²) >= 11 is 0. The topological polar surface area (TPSA) is 92.3 Å². The van der Waals surface area contributed by atoms with Gasteiger partial charge >= 0.3 is 5.97 Å². The van der Waals surface area contributed by atoms with E-state index < -0.39 is 5.97 Å². The molecule has 0 unspecified atom stereocenters. The number of aromatic amines is 1. The van der Waals surface area contributed by atoms with Crippen molar-refractivity contribution in [3.63, 3.8) is 0 Å². The maximum Gasteiger partial charge on any atom is 0.335 e. The second-order valence-electron chi connectivity index (χ2n) is 4.65. The number of benzene rings is 2. The fourth-order valence-electron chi connectivity index (χ4n) is 2.21. The summed E-state index contributed by atoms with van der Waals surface area (Å²) in [6.45, 7) is 0. The predicted molar refractivity (Wildman–Crippen MR) is 81.3 cm³/mol.